The fraction of sp³-hybridized carbons (Fsp3) is 0.600. The van der Waals surface area contributed by atoms with Gasteiger partial charge in [-0.1, -0.05) is 23.7 Å². The number of benzene rings is 1. The van der Waals surface area contributed by atoms with Crippen molar-refractivity contribution in [3.8, 4) is 0 Å². The van der Waals surface area contributed by atoms with Gasteiger partial charge in [-0.15, -0.1) is 0 Å². The zero-order valence-corrected chi connectivity index (χ0v) is 12.3. The lowest BCUT2D eigenvalue weighted by Gasteiger charge is -2.24. The van der Waals surface area contributed by atoms with Crippen LogP contribution in [0.3, 0.4) is 0 Å². The van der Waals surface area contributed by atoms with Gasteiger partial charge in [0, 0.05) is 43.9 Å². The summed E-state index contributed by atoms with van der Waals surface area (Å²) >= 11 is 5.88. The third kappa shape index (κ3) is 5.49. The molecule has 0 amide bonds. The highest BCUT2D eigenvalue weighted by Crippen LogP contribution is 2.11. The SMILES string of the molecule is CN(CCNC1CCOCC1)Cc1ccc(Cl)cc1. The molecule has 1 aromatic rings. The number of nitrogens with one attached hydrogen (secondary N) is 1. The monoisotopic (exact) mass is 282 g/mol. The zero-order chi connectivity index (χ0) is 13.5. The lowest BCUT2D eigenvalue weighted by Crippen LogP contribution is -2.39. The van der Waals surface area contributed by atoms with Crippen molar-refractivity contribution in [2.24, 2.45) is 0 Å². The molecule has 0 saturated carbocycles. The van der Waals surface area contributed by atoms with Crippen LogP contribution in [0.25, 0.3) is 0 Å². The van der Waals surface area contributed by atoms with Gasteiger partial charge in [0.15, 0.2) is 0 Å². The standard InChI is InChI=1S/C15H23ClN2O/c1-18(12-13-2-4-14(16)5-3-13)9-8-17-15-6-10-19-11-7-15/h2-5,15,17H,6-12H2,1H3. The normalized spacial score (nSPS) is 17.0. The van der Waals surface area contributed by atoms with E-state index >= 15 is 0 Å². The maximum Gasteiger partial charge on any atom is 0.0480 e. The molecular weight excluding hydrogens is 260 g/mol. The highest BCUT2D eigenvalue weighted by atomic mass is 35.5. The molecule has 0 spiro atoms. The molecule has 19 heavy (non-hydrogen) atoms. The molecule has 0 aromatic heterocycles. The fourth-order valence-corrected chi connectivity index (χ4v) is 2.47. The first-order chi connectivity index (χ1) is 9.24. The Morgan fingerprint density at radius 3 is 2.63 bits per heavy atom. The van der Waals surface area contributed by atoms with Crippen molar-refractivity contribution < 1.29 is 4.74 Å². The van der Waals surface area contributed by atoms with E-state index in [0.29, 0.717) is 6.04 Å². The maximum absolute atomic E-state index is 5.88. The molecule has 1 heterocycles. The zero-order valence-electron chi connectivity index (χ0n) is 11.6. The molecule has 0 aliphatic carbocycles. The molecule has 106 valence electrons. The predicted molar refractivity (Wildman–Crippen MR) is 79.6 cm³/mol. The average molecular weight is 283 g/mol. The van der Waals surface area contributed by atoms with Gasteiger partial charge in [0.2, 0.25) is 0 Å². The largest absolute Gasteiger partial charge is 0.381 e. The van der Waals surface area contributed by atoms with Crippen molar-refractivity contribution in [2.75, 3.05) is 33.4 Å². The molecule has 1 aliphatic heterocycles. The molecule has 4 heteroatoms. The number of rotatable bonds is 6. The molecule has 1 N–H and O–H groups in total. The van der Waals surface area contributed by atoms with Crippen LogP contribution in [0.2, 0.25) is 5.02 Å². The Balaban J connectivity index is 1.63. The van der Waals surface area contributed by atoms with Crippen LogP contribution in [0.1, 0.15) is 18.4 Å². The number of hydrogen-bond acceptors (Lipinski definition) is 3. The summed E-state index contributed by atoms with van der Waals surface area (Å²) in [6, 6.07) is 8.71. The van der Waals surface area contributed by atoms with Crippen LogP contribution in [-0.2, 0) is 11.3 Å². The van der Waals surface area contributed by atoms with Crippen LogP contribution in [0, 0.1) is 0 Å². The van der Waals surface area contributed by atoms with Crippen LogP contribution < -0.4 is 5.32 Å². The smallest absolute Gasteiger partial charge is 0.0480 e. The predicted octanol–water partition coefficient (Wildman–Crippen LogP) is 2.54. The van der Waals surface area contributed by atoms with E-state index in [4.69, 9.17) is 16.3 Å². The Bertz CT molecular complexity index is 363. The summed E-state index contributed by atoms with van der Waals surface area (Å²) in [5, 5.41) is 4.40. The molecule has 0 bridgehead atoms. The van der Waals surface area contributed by atoms with E-state index in [9.17, 15) is 0 Å². The average Bonchev–Trinajstić information content (AvgIpc) is 2.43. The molecule has 1 fully saturated rings. The number of likely N-dealkylation sites (N-methyl/N-ethyl adjacent to an activating group) is 1. The second-order valence-corrected chi connectivity index (χ2v) is 5.64. The Hall–Kier alpha value is -0.610. The van der Waals surface area contributed by atoms with Crippen molar-refractivity contribution in [1.29, 1.82) is 0 Å². The lowest BCUT2D eigenvalue weighted by atomic mass is 10.1. The van der Waals surface area contributed by atoms with Crippen molar-refractivity contribution in [3.05, 3.63) is 34.9 Å². The summed E-state index contributed by atoms with van der Waals surface area (Å²) in [5.41, 5.74) is 1.30. The van der Waals surface area contributed by atoms with Crippen LogP contribution >= 0.6 is 11.6 Å². The van der Waals surface area contributed by atoms with E-state index in [1.807, 2.05) is 12.1 Å². The molecule has 3 nitrogen and oxygen atoms in total. The van der Waals surface area contributed by atoms with Gasteiger partial charge < -0.3 is 15.0 Å². The number of nitrogens with zero attached hydrogens (tertiary/aromatic N) is 1. The lowest BCUT2D eigenvalue weighted by molar-refractivity contribution is 0.0774. The van der Waals surface area contributed by atoms with Gasteiger partial charge in [0.1, 0.15) is 0 Å². The number of ether oxygens (including phenoxy) is 1. The summed E-state index contributed by atoms with van der Waals surface area (Å²) in [4.78, 5) is 2.33. The van der Waals surface area contributed by atoms with Gasteiger partial charge in [-0.2, -0.15) is 0 Å². The van der Waals surface area contributed by atoms with Gasteiger partial charge in [0.05, 0.1) is 0 Å². The third-order valence-corrected chi connectivity index (χ3v) is 3.77. The van der Waals surface area contributed by atoms with Crippen molar-refractivity contribution in [1.82, 2.24) is 10.2 Å². The minimum Gasteiger partial charge on any atom is -0.381 e. The van der Waals surface area contributed by atoms with Crippen molar-refractivity contribution in [3.63, 3.8) is 0 Å². The molecule has 2 rings (SSSR count). The highest BCUT2D eigenvalue weighted by Gasteiger charge is 2.12. The quantitative estimate of drug-likeness (QED) is 0.868. The minimum absolute atomic E-state index is 0.637. The van der Waals surface area contributed by atoms with E-state index in [2.05, 4.69) is 29.4 Å². The fourth-order valence-electron chi connectivity index (χ4n) is 2.34. The number of hydrogen-bond donors (Lipinski definition) is 1. The minimum atomic E-state index is 0.637. The van der Waals surface area contributed by atoms with Crippen LogP contribution in [0.15, 0.2) is 24.3 Å². The van der Waals surface area contributed by atoms with Crippen molar-refractivity contribution >= 4 is 11.6 Å². The van der Waals surface area contributed by atoms with E-state index in [-0.39, 0.29) is 0 Å². The van der Waals surface area contributed by atoms with Crippen LogP contribution in [0.4, 0.5) is 0 Å². The first kappa shape index (κ1) is 14.8. The van der Waals surface area contributed by atoms with E-state index in [1.165, 1.54) is 5.56 Å². The van der Waals surface area contributed by atoms with Gasteiger partial charge in [-0.3, -0.25) is 0 Å². The summed E-state index contributed by atoms with van der Waals surface area (Å²) in [7, 11) is 2.15. The topological polar surface area (TPSA) is 24.5 Å². The molecule has 0 atom stereocenters. The Morgan fingerprint density at radius 2 is 1.95 bits per heavy atom. The van der Waals surface area contributed by atoms with Crippen molar-refractivity contribution in [2.45, 2.75) is 25.4 Å². The number of halogens is 1. The Kier molecular flexibility index (Phi) is 6.11. The third-order valence-electron chi connectivity index (χ3n) is 3.51. The Morgan fingerprint density at radius 1 is 1.26 bits per heavy atom. The van der Waals surface area contributed by atoms with E-state index in [1.54, 1.807) is 0 Å². The van der Waals surface area contributed by atoms with Gasteiger partial charge in [-0.05, 0) is 37.6 Å². The van der Waals surface area contributed by atoms with E-state index in [0.717, 1.165) is 50.7 Å². The van der Waals surface area contributed by atoms with Crippen LogP contribution in [-0.4, -0.2) is 44.3 Å². The molecule has 1 saturated heterocycles. The second kappa shape index (κ2) is 7.85. The molecule has 0 unspecified atom stereocenters. The van der Waals surface area contributed by atoms with E-state index < -0.39 is 0 Å². The first-order valence-corrected chi connectivity index (χ1v) is 7.36. The first-order valence-electron chi connectivity index (χ1n) is 6.98. The molecular formula is C15H23ClN2O. The summed E-state index contributed by atoms with van der Waals surface area (Å²) in [6.07, 6.45) is 2.28. The van der Waals surface area contributed by atoms with Crippen LogP contribution in [0.5, 0.6) is 0 Å². The summed E-state index contributed by atoms with van der Waals surface area (Å²) < 4.78 is 5.35. The molecule has 0 radical (unpaired) electrons. The summed E-state index contributed by atoms with van der Waals surface area (Å²) in [6.45, 7) is 4.86. The van der Waals surface area contributed by atoms with Gasteiger partial charge in [0.25, 0.3) is 0 Å². The second-order valence-electron chi connectivity index (χ2n) is 5.21. The van der Waals surface area contributed by atoms with Gasteiger partial charge >= 0.3 is 0 Å². The Labute approximate surface area is 120 Å². The highest BCUT2D eigenvalue weighted by molar-refractivity contribution is 6.30. The maximum atomic E-state index is 5.88. The molecule has 1 aliphatic rings. The molecule has 1 aromatic carbocycles. The summed E-state index contributed by atoms with van der Waals surface area (Å²) in [5.74, 6) is 0. The van der Waals surface area contributed by atoms with Gasteiger partial charge in [-0.25, -0.2) is 0 Å².